The average molecular weight is 260 g/mol. The fourth-order valence-corrected chi connectivity index (χ4v) is 2.75. The summed E-state index contributed by atoms with van der Waals surface area (Å²) in [7, 11) is 0. The second-order valence-corrected chi connectivity index (χ2v) is 5.88. The fourth-order valence-electron chi connectivity index (χ4n) is 2.75. The molecule has 2 nitrogen and oxygen atoms in total. The molecule has 1 fully saturated rings. The highest BCUT2D eigenvalue weighted by atomic mass is 15.1. The summed E-state index contributed by atoms with van der Waals surface area (Å²) in [5.41, 5.74) is 2.88. The minimum Gasteiger partial charge on any atom is -0.371 e. The summed E-state index contributed by atoms with van der Waals surface area (Å²) in [5.74, 6) is 0.735. The van der Waals surface area contributed by atoms with Gasteiger partial charge in [0.2, 0.25) is 0 Å². The van der Waals surface area contributed by atoms with Crippen molar-refractivity contribution in [1.82, 2.24) is 5.32 Å². The van der Waals surface area contributed by atoms with Gasteiger partial charge >= 0.3 is 0 Å². The van der Waals surface area contributed by atoms with Gasteiger partial charge in [-0.15, -0.1) is 0 Å². The molecule has 2 heteroatoms. The van der Waals surface area contributed by atoms with Crippen molar-refractivity contribution in [1.29, 1.82) is 0 Å². The molecule has 0 aromatic heterocycles. The number of nitrogens with one attached hydrogen (secondary N) is 1. The first-order valence-corrected chi connectivity index (χ1v) is 7.78. The number of hydrogen-bond acceptors (Lipinski definition) is 2. The van der Waals surface area contributed by atoms with Gasteiger partial charge < -0.3 is 10.2 Å². The van der Waals surface area contributed by atoms with E-state index in [1.807, 2.05) is 0 Å². The molecule has 1 saturated heterocycles. The molecular weight excluding hydrogens is 232 g/mol. The van der Waals surface area contributed by atoms with Gasteiger partial charge in [0.15, 0.2) is 0 Å². The van der Waals surface area contributed by atoms with Gasteiger partial charge in [-0.05, 0) is 37.3 Å². The molecule has 1 aliphatic rings. The van der Waals surface area contributed by atoms with Crippen LogP contribution in [-0.2, 0) is 6.54 Å². The predicted molar refractivity (Wildman–Crippen MR) is 83.6 cm³/mol. The van der Waals surface area contributed by atoms with Crippen LogP contribution in [0.4, 0.5) is 5.69 Å². The molecule has 1 heterocycles. The lowest BCUT2D eigenvalue weighted by molar-refractivity contribution is 0.389. The topological polar surface area (TPSA) is 15.3 Å². The first-order valence-electron chi connectivity index (χ1n) is 7.78. The van der Waals surface area contributed by atoms with Crippen LogP contribution in [0, 0.1) is 5.92 Å². The van der Waals surface area contributed by atoms with Crippen molar-refractivity contribution in [3.05, 3.63) is 29.8 Å². The van der Waals surface area contributed by atoms with E-state index in [1.165, 1.54) is 43.6 Å². The molecule has 1 aromatic rings. The number of nitrogens with zero attached hydrogens (tertiary/aromatic N) is 1. The maximum absolute atomic E-state index is 3.69. The summed E-state index contributed by atoms with van der Waals surface area (Å²) < 4.78 is 0. The Labute approximate surface area is 118 Å². The van der Waals surface area contributed by atoms with E-state index in [1.54, 1.807) is 0 Å². The summed E-state index contributed by atoms with van der Waals surface area (Å²) >= 11 is 0. The van der Waals surface area contributed by atoms with E-state index in [0.717, 1.165) is 12.5 Å². The summed E-state index contributed by atoms with van der Waals surface area (Å²) in [6.45, 7) is 10.3. The van der Waals surface area contributed by atoms with Crippen LogP contribution in [0.2, 0.25) is 0 Å². The average Bonchev–Trinajstić information content (AvgIpc) is 2.98. The number of rotatable bonds is 6. The zero-order valence-electron chi connectivity index (χ0n) is 12.7. The van der Waals surface area contributed by atoms with E-state index < -0.39 is 0 Å². The number of hydrogen-bond donors (Lipinski definition) is 1. The normalized spacial score (nSPS) is 18.6. The lowest BCUT2D eigenvalue weighted by atomic mass is 10.0. The van der Waals surface area contributed by atoms with Gasteiger partial charge in [-0.25, -0.2) is 0 Å². The van der Waals surface area contributed by atoms with Crippen molar-refractivity contribution < 1.29 is 0 Å². The van der Waals surface area contributed by atoms with Crippen molar-refractivity contribution >= 4 is 5.69 Å². The van der Waals surface area contributed by atoms with Crippen molar-refractivity contribution in [2.24, 2.45) is 5.92 Å². The van der Waals surface area contributed by atoms with Crippen molar-refractivity contribution in [3.63, 3.8) is 0 Å². The minimum absolute atomic E-state index is 0.580. The van der Waals surface area contributed by atoms with Crippen LogP contribution in [0.3, 0.4) is 0 Å². The molecule has 19 heavy (non-hydrogen) atoms. The van der Waals surface area contributed by atoms with Gasteiger partial charge in [0.1, 0.15) is 0 Å². The zero-order valence-corrected chi connectivity index (χ0v) is 12.7. The lowest BCUT2D eigenvalue weighted by Gasteiger charge is -2.24. The van der Waals surface area contributed by atoms with Gasteiger partial charge in [-0.3, -0.25) is 0 Å². The van der Waals surface area contributed by atoms with Crippen LogP contribution in [0.15, 0.2) is 24.3 Å². The Kier molecular flexibility index (Phi) is 5.26. The molecule has 2 rings (SSSR count). The smallest absolute Gasteiger partial charge is 0.0411 e. The standard InChI is InChI=1S/C17H28N2/c1-4-14(2)15(3)18-13-16-9-5-6-10-17(16)19-11-7-8-12-19/h5-6,9-10,14-15,18H,4,7-8,11-13H2,1-3H3. The van der Waals surface area contributed by atoms with Crippen molar-refractivity contribution in [2.75, 3.05) is 18.0 Å². The second-order valence-electron chi connectivity index (χ2n) is 5.88. The Morgan fingerprint density at radius 2 is 1.84 bits per heavy atom. The molecule has 2 unspecified atom stereocenters. The maximum Gasteiger partial charge on any atom is 0.0411 e. The SMILES string of the molecule is CCC(C)C(C)NCc1ccccc1N1CCCC1. The van der Waals surface area contributed by atoms with Gasteiger partial charge in [0.25, 0.3) is 0 Å². The van der Waals surface area contributed by atoms with E-state index in [0.29, 0.717) is 6.04 Å². The zero-order chi connectivity index (χ0) is 13.7. The Morgan fingerprint density at radius 3 is 2.53 bits per heavy atom. The molecule has 0 spiro atoms. The van der Waals surface area contributed by atoms with Crippen LogP contribution in [0.5, 0.6) is 0 Å². The molecule has 0 radical (unpaired) electrons. The predicted octanol–water partition coefficient (Wildman–Crippen LogP) is 3.81. The second kappa shape index (κ2) is 6.95. The molecule has 0 aliphatic carbocycles. The highest BCUT2D eigenvalue weighted by Gasteiger charge is 2.16. The molecule has 0 saturated carbocycles. The Hall–Kier alpha value is -1.02. The number of para-hydroxylation sites is 1. The highest BCUT2D eigenvalue weighted by Crippen LogP contribution is 2.24. The van der Waals surface area contributed by atoms with Crippen molar-refractivity contribution in [3.8, 4) is 0 Å². The monoisotopic (exact) mass is 260 g/mol. The first-order chi connectivity index (χ1) is 9.22. The molecule has 1 aromatic carbocycles. The third-order valence-electron chi connectivity index (χ3n) is 4.55. The van der Waals surface area contributed by atoms with E-state index in [9.17, 15) is 0 Å². The first kappa shape index (κ1) is 14.4. The van der Waals surface area contributed by atoms with Gasteiger partial charge in [-0.1, -0.05) is 38.5 Å². The largest absolute Gasteiger partial charge is 0.371 e. The van der Waals surface area contributed by atoms with Crippen LogP contribution in [0.25, 0.3) is 0 Å². The molecule has 1 N–H and O–H groups in total. The van der Waals surface area contributed by atoms with E-state index in [2.05, 4.69) is 55.3 Å². The summed E-state index contributed by atoms with van der Waals surface area (Å²) in [6.07, 6.45) is 3.91. The van der Waals surface area contributed by atoms with Crippen LogP contribution in [-0.4, -0.2) is 19.1 Å². The van der Waals surface area contributed by atoms with Gasteiger partial charge in [0, 0.05) is 31.4 Å². The Morgan fingerprint density at radius 1 is 1.16 bits per heavy atom. The molecule has 1 aliphatic heterocycles. The summed E-state index contributed by atoms with van der Waals surface area (Å²) in [4.78, 5) is 2.53. The van der Waals surface area contributed by atoms with E-state index in [4.69, 9.17) is 0 Å². The van der Waals surface area contributed by atoms with Crippen LogP contribution >= 0.6 is 0 Å². The molecule has 0 bridgehead atoms. The third-order valence-corrected chi connectivity index (χ3v) is 4.55. The number of anilines is 1. The summed E-state index contributed by atoms with van der Waals surface area (Å²) in [6, 6.07) is 9.44. The van der Waals surface area contributed by atoms with E-state index >= 15 is 0 Å². The van der Waals surface area contributed by atoms with Gasteiger partial charge in [0.05, 0.1) is 0 Å². The van der Waals surface area contributed by atoms with Gasteiger partial charge in [-0.2, -0.15) is 0 Å². The maximum atomic E-state index is 3.69. The summed E-state index contributed by atoms with van der Waals surface area (Å²) in [5, 5.41) is 3.69. The lowest BCUT2D eigenvalue weighted by Crippen LogP contribution is -2.32. The minimum atomic E-state index is 0.580. The van der Waals surface area contributed by atoms with Crippen LogP contribution < -0.4 is 10.2 Å². The molecule has 106 valence electrons. The van der Waals surface area contributed by atoms with E-state index in [-0.39, 0.29) is 0 Å². The molecule has 2 atom stereocenters. The Bertz CT molecular complexity index is 383. The quantitative estimate of drug-likeness (QED) is 0.836. The molecule has 0 amide bonds. The fraction of sp³-hybridized carbons (Fsp3) is 0.647. The van der Waals surface area contributed by atoms with Crippen molar-refractivity contribution in [2.45, 2.75) is 52.6 Å². The third kappa shape index (κ3) is 3.73. The van der Waals surface area contributed by atoms with Crippen LogP contribution in [0.1, 0.15) is 45.6 Å². The number of benzene rings is 1. The Balaban J connectivity index is 1.99. The highest BCUT2D eigenvalue weighted by molar-refractivity contribution is 5.54. The molecular formula is C17H28N2.